The van der Waals surface area contributed by atoms with E-state index in [1.54, 1.807) is 18.3 Å². The molecule has 2 aromatic rings. The molecule has 0 amide bonds. The van der Waals surface area contributed by atoms with Crippen molar-refractivity contribution >= 4 is 20.9 Å². The summed E-state index contributed by atoms with van der Waals surface area (Å²) in [5.41, 5.74) is 7.21. The Labute approximate surface area is 124 Å². The highest BCUT2D eigenvalue weighted by Crippen LogP contribution is 2.28. The van der Waals surface area contributed by atoms with E-state index < -0.39 is 10.0 Å². The maximum absolute atomic E-state index is 12.8. The molecule has 1 atom stereocenters. The van der Waals surface area contributed by atoms with Crippen molar-refractivity contribution in [3.63, 3.8) is 0 Å². The van der Waals surface area contributed by atoms with E-state index in [1.165, 1.54) is 4.31 Å². The SMILES string of the molecule is Cc1cnc2c(S(=O)(=O)N3CCC(CN)C3)cccc2c1. The van der Waals surface area contributed by atoms with Gasteiger partial charge in [-0.25, -0.2) is 8.42 Å². The fourth-order valence-corrected chi connectivity index (χ4v) is 4.49. The molecule has 1 aliphatic rings. The van der Waals surface area contributed by atoms with Gasteiger partial charge in [0.1, 0.15) is 4.90 Å². The minimum atomic E-state index is -3.51. The second-order valence-electron chi connectivity index (χ2n) is 5.59. The number of pyridine rings is 1. The van der Waals surface area contributed by atoms with Crippen LogP contribution in [-0.4, -0.2) is 37.3 Å². The minimum Gasteiger partial charge on any atom is -0.330 e. The highest BCUT2D eigenvalue weighted by atomic mass is 32.2. The predicted molar refractivity (Wildman–Crippen MR) is 82.4 cm³/mol. The van der Waals surface area contributed by atoms with E-state index >= 15 is 0 Å². The van der Waals surface area contributed by atoms with Gasteiger partial charge in [-0.05, 0) is 43.5 Å². The number of rotatable bonds is 3. The van der Waals surface area contributed by atoms with Crippen LogP contribution < -0.4 is 5.73 Å². The van der Waals surface area contributed by atoms with Crippen molar-refractivity contribution in [3.05, 3.63) is 36.0 Å². The largest absolute Gasteiger partial charge is 0.330 e. The molecule has 1 aromatic heterocycles. The third-order valence-corrected chi connectivity index (χ3v) is 5.91. The maximum atomic E-state index is 12.8. The average Bonchev–Trinajstić information content (AvgIpc) is 2.96. The van der Waals surface area contributed by atoms with E-state index in [0.717, 1.165) is 17.4 Å². The van der Waals surface area contributed by atoms with Crippen LogP contribution in [-0.2, 0) is 10.0 Å². The number of hydrogen-bond donors (Lipinski definition) is 1. The van der Waals surface area contributed by atoms with Crippen molar-refractivity contribution in [2.75, 3.05) is 19.6 Å². The van der Waals surface area contributed by atoms with Gasteiger partial charge in [-0.2, -0.15) is 4.31 Å². The molecule has 0 saturated carbocycles. The van der Waals surface area contributed by atoms with Gasteiger partial charge in [-0.1, -0.05) is 12.1 Å². The van der Waals surface area contributed by atoms with Crippen molar-refractivity contribution in [2.45, 2.75) is 18.2 Å². The average molecular weight is 305 g/mol. The summed E-state index contributed by atoms with van der Waals surface area (Å²) in [4.78, 5) is 4.62. The lowest BCUT2D eigenvalue weighted by atomic mass is 10.1. The van der Waals surface area contributed by atoms with Crippen LogP contribution >= 0.6 is 0 Å². The third kappa shape index (κ3) is 2.54. The van der Waals surface area contributed by atoms with Gasteiger partial charge >= 0.3 is 0 Å². The molecule has 0 bridgehead atoms. The second-order valence-corrected chi connectivity index (χ2v) is 7.50. The number of sulfonamides is 1. The highest BCUT2D eigenvalue weighted by Gasteiger charge is 2.33. The van der Waals surface area contributed by atoms with Crippen molar-refractivity contribution in [1.29, 1.82) is 0 Å². The van der Waals surface area contributed by atoms with Crippen LogP contribution in [0.4, 0.5) is 0 Å². The van der Waals surface area contributed by atoms with Gasteiger partial charge in [-0.3, -0.25) is 4.98 Å². The van der Waals surface area contributed by atoms with E-state index in [-0.39, 0.29) is 10.8 Å². The smallest absolute Gasteiger partial charge is 0.245 e. The van der Waals surface area contributed by atoms with Crippen molar-refractivity contribution in [3.8, 4) is 0 Å². The molecule has 0 aliphatic carbocycles. The molecular weight excluding hydrogens is 286 g/mol. The zero-order valence-electron chi connectivity index (χ0n) is 12.0. The predicted octanol–water partition coefficient (Wildman–Crippen LogP) is 1.51. The monoisotopic (exact) mass is 305 g/mol. The molecule has 3 rings (SSSR count). The molecular formula is C15H19N3O2S. The fourth-order valence-electron chi connectivity index (χ4n) is 2.80. The van der Waals surface area contributed by atoms with Crippen LogP contribution in [0, 0.1) is 12.8 Å². The molecule has 1 unspecified atom stereocenters. The number of hydrogen-bond acceptors (Lipinski definition) is 4. The molecule has 1 aromatic carbocycles. The van der Waals surface area contributed by atoms with Gasteiger partial charge in [0.05, 0.1) is 5.52 Å². The highest BCUT2D eigenvalue weighted by molar-refractivity contribution is 7.89. The summed E-state index contributed by atoms with van der Waals surface area (Å²) in [6.45, 7) is 3.51. The van der Waals surface area contributed by atoms with Crippen LogP contribution in [0.25, 0.3) is 10.9 Å². The van der Waals surface area contributed by atoms with Gasteiger partial charge in [0.2, 0.25) is 10.0 Å². The number of nitrogens with two attached hydrogens (primary N) is 1. The lowest BCUT2D eigenvalue weighted by Crippen LogP contribution is -2.30. The maximum Gasteiger partial charge on any atom is 0.245 e. The Hall–Kier alpha value is -1.50. The lowest BCUT2D eigenvalue weighted by Gasteiger charge is -2.17. The molecule has 0 spiro atoms. The Bertz CT molecular complexity index is 774. The molecule has 5 nitrogen and oxygen atoms in total. The molecule has 1 fully saturated rings. The van der Waals surface area contributed by atoms with Gasteiger partial charge in [0.25, 0.3) is 0 Å². The quantitative estimate of drug-likeness (QED) is 0.932. The summed E-state index contributed by atoms with van der Waals surface area (Å²) >= 11 is 0. The van der Waals surface area contributed by atoms with Gasteiger partial charge < -0.3 is 5.73 Å². The van der Waals surface area contributed by atoms with Crippen LogP contribution in [0.1, 0.15) is 12.0 Å². The molecule has 6 heteroatoms. The van der Waals surface area contributed by atoms with E-state index in [2.05, 4.69) is 4.98 Å². The summed E-state index contributed by atoms with van der Waals surface area (Å²) in [6.07, 6.45) is 2.53. The molecule has 1 aliphatic heterocycles. The number of aryl methyl sites for hydroxylation is 1. The summed E-state index contributed by atoms with van der Waals surface area (Å²) in [5, 5.41) is 0.852. The Morgan fingerprint density at radius 1 is 1.43 bits per heavy atom. The fraction of sp³-hybridized carbons (Fsp3) is 0.400. The molecule has 1 saturated heterocycles. The number of aromatic nitrogens is 1. The first-order chi connectivity index (χ1) is 10.0. The van der Waals surface area contributed by atoms with E-state index in [9.17, 15) is 8.42 Å². The number of para-hydroxylation sites is 1. The van der Waals surface area contributed by atoms with E-state index in [1.807, 2.05) is 19.1 Å². The number of fused-ring (bicyclic) bond motifs is 1. The first kappa shape index (κ1) is 14.4. The molecule has 2 heterocycles. The van der Waals surface area contributed by atoms with Crippen molar-refractivity contribution < 1.29 is 8.42 Å². The van der Waals surface area contributed by atoms with Crippen molar-refractivity contribution in [2.24, 2.45) is 11.7 Å². The topological polar surface area (TPSA) is 76.3 Å². The van der Waals surface area contributed by atoms with Gasteiger partial charge in [0.15, 0.2) is 0 Å². The molecule has 0 radical (unpaired) electrons. The summed E-state index contributed by atoms with van der Waals surface area (Å²) in [7, 11) is -3.51. The minimum absolute atomic E-state index is 0.255. The zero-order chi connectivity index (χ0) is 15.0. The Morgan fingerprint density at radius 2 is 2.24 bits per heavy atom. The van der Waals surface area contributed by atoms with Crippen molar-refractivity contribution in [1.82, 2.24) is 9.29 Å². The molecule has 21 heavy (non-hydrogen) atoms. The Morgan fingerprint density at radius 3 is 2.95 bits per heavy atom. The normalized spacial score (nSPS) is 20.2. The standard InChI is InChI=1S/C15H19N3O2S/c1-11-7-13-3-2-4-14(15(13)17-9-11)21(19,20)18-6-5-12(8-16)10-18/h2-4,7,9,12H,5-6,8,10,16H2,1H3. The van der Waals surface area contributed by atoms with Gasteiger partial charge in [-0.15, -0.1) is 0 Å². The molecule has 112 valence electrons. The number of nitrogens with zero attached hydrogens (tertiary/aromatic N) is 2. The summed E-state index contributed by atoms with van der Waals surface area (Å²) in [5.74, 6) is 0.255. The van der Waals surface area contributed by atoms with Crippen LogP contribution in [0.2, 0.25) is 0 Å². The first-order valence-corrected chi connectivity index (χ1v) is 8.52. The second kappa shape index (κ2) is 5.36. The van der Waals surface area contributed by atoms with E-state index in [4.69, 9.17) is 5.73 Å². The molecule has 2 N–H and O–H groups in total. The Balaban J connectivity index is 2.07. The van der Waals surface area contributed by atoms with Crippen LogP contribution in [0.3, 0.4) is 0 Å². The third-order valence-electron chi connectivity index (χ3n) is 4.01. The van der Waals surface area contributed by atoms with Crippen LogP contribution in [0.15, 0.2) is 35.4 Å². The summed E-state index contributed by atoms with van der Waals surface area (Å²) < 4.78 is 27.2. The number of benzene rings is 1. The summed E-state index contributed by atoms with van der Waals surface area (Å²) in [6, 6.07) is 7.25. The first-order valence-electron chi connectivity index (χ1n) is 7.08. The van der Waals surface area contributed by atoms with Gasteiger partial charge in [0, 0.05) is 24.7 Å². The Kier molecular flexibility index (Phi) is 3.69. The lowest BCUT2D eigenvalue weighted by molar-refractivity contribution is 0.459. The zero-order valence-corrected chi connectivity index (χ0v) is 12.8. The van der Waals surface area contributed by atoms with Crippen LogP contribution in [0.5, 0.6) is 0 Å². The van der Waals surface area contributed by atoms with E-state index in [0.29, 0.717) is 25.2 Å².